The molecule has 0 aliphatic carbocycles. The van der Waals surface area contributed by atoms with Crippen LogP contribution in [0.4, 0.5) is 0 Å². The smallest absolute Gasteiger partial charge is 0.244 e. The molecule has 0 unspecified atom stereocenters. The van der Waals surface area contributed by atoms with Crippen LogP contribution < -0.4 is 9.46 Å². The lowest BCUT2D eigenvalue weighted by atomic mass is 10.1. The molecule has 0 aliphatic heterocycles. The maximum atomic E-state index is 12.4. The quantitative estimate of drug-likeness (QED) is 0.850. The molecule has 0 saturated heterocycles. The normalized spacial score (nSPS) is 11.6. The third-order valence-corrected chi connectivity index (χ3v) is 5.04. The molecule has 0 fully saturated rings. The zero-order valence-electron chi connectivity index (χ0n) is 13.2. The number of hydrogen-bond acceptors (Lipinski definition) is 4. The highest BCUT2D eigenvalue weighted by Gasteiger charge is 2.19. The number of rotatable bonds is 6. The first-order valence-corrected chi connectivity index (χ1v) is 8.48. The second-order valence-corrected chi connectivity index (χ2v) is 6.95. The molecule has 2 aromatic rings. The van der Waals surface area contributed by atoms with E-state index in [9.17, 15) is 8.42 Å². The molecular weight excluding hydrogens is 302 g/mol. The highest BCUT2D eigenvalue weighted by molar-refractivity contribution is 7.89. The van der Waals surface area contributed by atoms with Gasteiger partial charge in [-0.1, -0.05) is 6.07 Å². The van der Waals surface area contributed by atoms with Gasteiger partial charge in [-0.05, 0) is 50.5 Å². The van der Waals surface area contributed by atoms with Crippen LogP contribution in [0.3, 0.4) is 0 Å². The lowest BCUT2D eigenvalue weighted by molar-refractivity contribution is 0.402. The average molecular weight is 323 g/mol. The van der Waals surface area contributed by atoms with E-state index in [2.05, 4.69) is 14.9 Å². The number of aromatic amines is 1. The zero-order chi connectivity index (χ0) is 16.3. The third-order valence-electron chi connectivity index (χ3n) is 3.56. The van der Waals surface area contributed by atoms with Crippen LogP contribution in [0, 0.1) is 20.8 Å². The molecule has 6 nitrogen and oxygen atoms in total. The summed E-state index contributed by atoms with van der Waals surface area (Å²) in [7, 11) is -2.15. The van der Waals surface area contributed by atoms with E-state index in [0.717, 1.165) is 22.5 Å². The number of methoxy groups -OCH3 is 1. The van der Waals surface area contributed by atoms with Crippen molar-refractivity contribution in [1.29, 1.82) is 0 Å². The monoisotopic (exact) mass is 323 g/mol. The number of aromatic nitrogens is 2. The summed E-state index contributed by atoms with van der Waals surface area (Å²) >= 11 is 0. The molecule has 1 heterocycles. The maximum absolute atomic E-state index is 12.4. The molecule has 2 rings (SSSR count). The van der Waals surface area contributed by atoms with Crippen molar-refractivity contribution in [2.75, 3.05) is 13.7 Å². The minimum Gasteiger partial charge on any atom is -0.495 e. The standard InChI is InChI=1S/C15H21N3O3S/c1-10-5-6-14(21-4)15(9-10)22(19,20)16-8-7-13-11(2)17-18-12(13)3/h5-6,9,16H,7-8H2,1-4H3,(H,17,18). The molecule has 120 valence electrons. The summed E-state index contributed by atoms with van der Waals surface area (Å²) < 4.78 is 32.7. The highest BCUT2D eigenvalue weighted by atomic mass is 32.2. The topological polar surface area (TPSA) is 84.1 Å². The Bertz CT molecular complexity index is 747. The van der Waals surface area contributed by atoms with Crippen LogP contribution in [-0.2, 0) is 16.4 Å². The van der Waals surface area contributed by atoms with E-state index < -0.39 is 10.0 Å². The lowest BCUT2D eigenvalue weighted by Gasteiger charge is -2.11. The van der Waals surface area contributed by atoms with Gasteiger partial charge >= 0.3 is 0 Å². The second-order valence-electron chi connectivity index (χ2n) is 5.21. The molecule has 0 atom stereocenters. The molecule has 0 amide bonds. The summed E-state index contributed by atoms with van der Waals surface area (Å²) in [5, 5.41) is 7.00. The number of H-pyrrole nitrogens is 1. The molecule has 1 aromatic carbocycles. The number of nitrogens with zero attached hydrogens (tertiary/aromatic N) is 1. The molecule has 0 aliphatic rings. The maximum Gasteiger partial charge on any atom is 0.244 e. The Kier molecular flexibility index (Phi) is 4.87. The molecule has 22 heavy (non-hydrogen) atoms. The molecule has 1 aromatic heterocycles. The van der Waals surface area contributed by atoms with Crippen LogP contribution in [0.1, 0.15) is 22.5 Å². The third kappa shape index (κ3) is 3.48. The molecule has 2 N–H and O–H groups in total. The Labute approximate surface area is 130 Å². The van der Waals surface area contributed by atoms with Crippen molar-refractivity contribution in [3.05, 3.63) is 40.7 Å². The van der Waals surface area contributed by atoms with Gasteiger partial charge in [0.1, 0.15) is 10.6 Å². The van der Waals surface area contributed by atoms with Crippen LogP contribution in [0.2, 0.25) is 0 Å². The van der Waals surface area contributed by atoms with Gasteiger partial charge in [-0.2, -0.15) is 5.10 Å². The Morgan fingerprint density at radius 3 is 2.59 bits per heavy atom. The number of benzene rings is 1. The summed E-state index contributed by atoms with van der Waals surface area (Å²) in [6.45, 7) is 5.97. The summed E-state index contributed by atoms with van der Waals surface area (Å²) in [4.78, 5) is 0.163. The molecule has 0 radical (unpaired) electrons. The molecule has 0 spiro atoms. The summed E-state index contributed by atoms with van der Waals surface area (Å²) in [5.74, 6) is 0.341. The zero-order valence-corrected chi connectivity index (χ0v) is 14.0. The summed E-state index contributed by atoms with van der Waals surface area (Å²) in [5.41, 5.74) is 3.76. The van der Waals surface area contributed by atoms with Gasteiger partial charge in [-0.3, -0.25) is 5.10 Å². The van der Waals surface area contributed by atoms with Gasteiger partial charge in [0.2, 0.25) is 10.0 Å². The van der Waals surface area contributed by atoms with E-state index in [1.807, 2.05) is 26.8 Å². The van der Waals surface area contributed by atoms with Crippen molar-refractivity contribution in [2.24, 2.45) is 0 Å². The van der Waals surface area contributed by atoms with Gasteiger partial charge in [-0.25, -0.2) is 13.1 Å². The summed E-state index contributed by atoms with van der Waals surface area (Å²) in [6, 6.07) is 5.08. The Morgan fingerprint density at radius 2 is 2.00 bits per heavy atom. The van der Waals surface area contributed by atoms with E-state index >= 15 is 0 Å². The fraction of sp³-hybridized carbons (Fsp3) is 0.400. The van der Waals surface area contributed by atoms with Crippen LogP contribution in [0.5, 0.6) is 5.75 Å². The van der Waals surface area contributed by atoms with Gasteiger partial charge in [-0.15, -0.1) is 0 Å². The predicted molar refractivity (Wildman–Crippen MR) is 84.7 cm³/mol. The van der Waals surface area contributed by atoms with Crippen LogP contribution in [0.25, 0.3) is 0 Å². The van der Waals surface area contributed by atoms with Crippen molar-refractivity contribution in [2.45, 2.75) is 32.1 Å². The van der Waals surface area contributed by atoms with E-state index in [-0.39, 0.29) is 4.90 Å². The Hall–Kier alpha value is -1.86. The van der Waals surface area contributed by atoms with Crippen molar-refractivity contribution < 1.29 is 13.2 Å². The number of aryl methyl sites for hydroxylation is 3. The van der Waals surface area contributed by atoms with Crippen molar-refractivity contribution in [1.82, 2.24) is 14.9 Å². The molecule has 0 bridgehead atoms. The first-order valence-electron chi connectivity index (χ1n) is 7.00. The number of sulfonamides is 1. The van der Waals surface area contributed by atoms with Gasteiger partial charge < -0.3 is 4.74 Å². The Balaban J connectivity index is 2.14. The summed E-state index contributed by atoms with van der Waals surface area (Å²) in [6.07, 6.45) is 0.585. The van der Waals surface area contributed by atoms with Crippen molar-refractivity contribution in [3.8, 4) is 5.75 Å². The second kappa shape index (κ2) is 6.50. The molecule has 0 saturated carbocycles. The van der Waals surface area contributed by atoms with Gasteiger partial charge in [0.15, 0.2) is 0 Å². The van der Waals surface area contributed by atoms with Gasteiger partial charge in [0.25, 0.3) is 0 Å². The molecule has 7 heteroatoms. The van der Waals surface area contributed by atoms with Gasteiger partial charge in [0.05, 0.1) is 12.8 Å². The number of ether oxygens (including phenoxy) is 1. The molecular formula is C15H21N3O3S. The first kappa shape index (κ1) is 16.5. The van der Waals surface area contributed by atoms with Crippen LogP contribution in [0.15, 0.2) is 23.1 Å². The minimum absolute atomic E-state index is 0.163. The van der Waals surface area contributed by atoms with E-state index in [1.165, 1.54) is 7.11 Å². The number of hydrogen-bond donors (Lipinski definition) is 2. The van der Waals surface area contributed by atoms with Crippen LogP contribution >= 0.6 is 0 Å². The Morgan fingerprint density at radius 1 is 1.27 bits per heavy atom. The van der Waals surface area contributed by atoms with Crippen LogP contribution in [-0.4, -0.2) is 32.3 Å². The largest absolute Gasteiger partial charge is 0.495 e. The van der Waals surface area contributed by atoms with Crippen molar-refractivity contribution in [3.63, 3.8) is 0 Å². The average Bonchev–Trinajstić information content (AvgIpc) is 2.79. The predicted octanol–water partition coefficient (Wildman–Crippen LogP) is 1.86. The highest BCUT2D eigenvalue weighted by Crippen LogP contribution is 2.24. The first-order chi connectivity index (χ1) is 10.3. The SMILES string of the molecule is COc1ccc(C)cc1S(=O)(=O)NCCc1c(C)n[nH]c1C. The van der Waals surface area contributed by atoms with Crippen molar-refractivity contribution >= 4 is 10.0 Å². The number of nitrogens with one attached hydrogen (secondary N) is 2. The van der Waals surface area contributed by atoms with Gasteiger partial charge in [0, 0.05) is 12.2 Å². The minimum atomic E-state index is -3.61. The fourth-order valence-electron chi connectivity index (χ4n) is 2.32. The van der Waals surface area contributed by atoms with E-state index in [4.69, 9.17) is 4.74 Å². The van der Waals surface area contributed by atoms with E-state index in [0.29, 0.717) is 18.7 Å². The van der Waals surface area contributed by atoms with E-state index in [1.54, 1.807) is 12.1 Å². The fourth-order valence-corrected chi connectivity index (χ4v) is 3.61. The lowest BCUT2D eigenvalue weighted by Crippen LogP contribution is -2.26.